The van der Waals surface area contributed by atoms with Gasteiger partial charge in [-0.15, -0.1) is 0 Å². The largest absolute Gasteiger partial charge is 0.335 e. The summed E-state index contributed by atoms with van der Waals surface area (Å²) in [5.41, 5.74) is 0.147. The Morgan fingerprint density at radius 1 is 1.44 bits per heavy atom. The van der Waals surface area contributed by atoms with E-state index < -0.39 is 0 Å². The van der Waals surface area contributed by atoms with Crippen LogP contribution in [0, 0.1) is 11.8 Å². The predicted octanol–water partition coefficient (Wildman–Crippen LogP) is 4.38. The average molecular weight is 313 g/mol. The average Bonchev–Trinajstić information content (AvgIpc) is 2.76. The van der Waals surface area contributed by atoms with Gasteiger partial charge in [0.1, 0.15) is 5.82 Å². The van der Waals surface area contributed by atoms with Gasteiger partial charge in [-0.3, -0.25) is 0 Å². The smallest absolute Gasteiger partial charge is 0.114 e. The van der Waals surface area contributed by atoms with Crippen LogP contribution < -0.4 is 0 Å². The van der Waals surface area contributed by atoms with E-state index in [9.17, 15) is 0 Å². The normalized spacial score (nSPS) is 29.5. The van der Waals surface area contributed by atoms with Crippen LogP contribution in [0.15, 0.2) is 12.4 Å². The van der Waals surface area contributed by atoms with Gasteiger partial charge in [0, 0.05) is 29.2 Å². The van der Waals surface area contributed by atoms with Gasteiger partial charge in [-0.25, -0.2) is 4.98 Å². The second-order valence-corrected chi connectivity index (χ2v) is 7.48. The van der Waals surface area contributed by atoms with E-state index in [1.54, 1.807) is 0 Å². The Morgan fingerprint density at radius 2 is 2.17 bits per heavy atom. The van der Waals surface area contributed by atoms with Crippen molar-refractivity contribution in [2.75, 3.05) is 0 Å². The summed E-state index contributed by atoms with van der Waals surface area (Å²) in [5.74, 6) is 2.78. The quantitative estimate of drug-likeness (QED) is 0.757. The lowest BCUT2D eigenvalue weighted by Crippen LogP contribution is -2.40. The number of alkyl halides is 1. The van der Waals surface area contributed by atoms with Gasteiger partial charge in [0.25, 0.3) is 0 Å². The second kappa shape index (κ2) is 5.36. The molecule has 0 bridgehead atoms. The maximum absolute atomic E-state index is 4.63. The summed E-state index contributed by atoms with van der Waals surface area (Å²) in [6.07, 6.45) is 7.99. The Hall–Kier alpha value is -0.310. The Bertz CT molecular complexity index is 397. The molecule has 1 fully saturated rings. The molecule has 3 atom stereocenters. The molecule has 1 aliphatic rings. The lowest BCUT2D eigenvalue weighted by atomic mass is 9.68. The van der Waals surface area contributed by atoms with Crippen molar-refractivity contribution in [1.29, 1.82) is 0 Å². The van der Waals surface area contributed by atoms with Gasteiger partial charge in [-0.2, -0.15) is 0 Å². The van der Waals surface area contributed by atoms with Crippen molar-refractivity contribution < 1.29 is 0 Å². The number of hydrogen-bond donors (Lipinski definition) is 0. The molecule has 1 aromatic heterocycles. The van der Waals surface area contributed by atoms with Crippen molar-refractivity contribution in [3.05, 3.63) is 18.2 Å². The molecule has 3 unspecified atom stereocenters. The first-order chi connectivity index (χ1) is 8.46. The molecule has 0 aliphatic heterocycles. The van der Waals surface area contributed by atoms with Crippen LogP contribution in [0.4, 0.5) is 0 Å². The SMILES string of the molecule is CCn1ccnc1C(C)(C)C1CCC(C)CC1Br. The van der Waals surface area contributed by atoms with E-state index in [4.69, 9.17) is 0 Å². The van der Waals surface area contributed by atoms with Crippen LogP contribution in [0.1, 0.15) is 52.8 Å². The van der Waals surface area contributed by atoms with Crippen LogP contribution in [-0.4, -0.2) is 14.4 Å². The minimum Gasteiger partial charge on any atom is -0.335 e. The Morgan fingerprint density at radius 3 is 2.78 bits per heavy atom. The fraction of sp³-hybridized carbons (Fsp3) is 0.800. The minimum absolute atomic E-state index is 0.147. The lowest BCUT2D eigenvalue weighted by molar-refractivity contribution is 0.202. The van der Waals surface area contributed by atoms with Crippen molar-refractivity contribution in [3.63, 3.8) is 0 Å². The van der Waals surface area contributed by atoms with Gasteiger partial charge in [0.2, 0.25) is 0 Å². The molecule has 0 amide bonds. The molecular weight excluding hydrogens is 288 g/mol. The van der Waals surface area contributed by atoms with Crippen LogP contribution in [0.25, 0.3) is 0 Å². The Balaban J connectivity index is 2.25. The summed E-state index contributed by atoms with van der Waals surface area (Å²) in [5, 5.41) is 0. The summed E-state index contributed by atoms with van der Waals surface area (Å²) >= 11 is 3.93. The maximum Gasteiger partial charge on any atom is 0.114 e. The Kier molecular flexibility index (Phi) is 4.20. The zero-order chi connectivity index (χ0) is 13.3. The van der Waals surface area contributed by atoms with Crippen LogP contribution in [-0.2, 0) is 12.0 Å². The van der Waals surface area contributed by atoms with Crippen LogP contribution >= 0.6 is 15.9 Å². The van der Waals surface area contributed by atoms with Crippen LogP contribution in [0.5, 0.6) is 0 Å². The third-order valence-corrected chi connectivity index (χ3v) is 5.61. The van der Waals surface area contributed by atoms with Gasteiger partial charge in [-0.05, 0) is 31.6 Å². The third-order valence-electron chi connectivity index (χ3n) is 4.59. The van der Waals surface area contributed by atoms with E-state index in [1.165, 1.54) is 25.1 Å². The number of rotatable bonds is 3. The summed E-state index contributed by atoms with van der Waals surface area (Å²) in [6, 6.07) is 0. The standard InChI is InChI=1S/C15H25BrN2/c1-5-18-9-8-17-14(18)15(3,4)12-7-6-11(2)10-13(12)16/h8-9,11-13H,5-7,10H2,1-4H3. The van der Waals surface area contributed by atoms with E-state index in [-0.39, 0.29) is 5.41 Å². The van der Waals surface area contributed by atoms with Crippen molar-refractivity contribution in [2.24, 2.45) is 11.8 Å². The molecule has 0 saturated heterocycles. The molecule has 18 heavy (non-hydrogen) atoms. The van der Waals surface area contributed by atoms with Crippen LogP contribution in [0.3, 0.4) is 0 Å². The van der Waals surface area contributed by atoms with Crippen molar-refractivity contribution >= 4 is 15.9 Å². The molecule has 3 heteroatoms. The third kappa shape index (κ3) is 2.52. The first-order valence-corrected chi connectivity index (χ1v) is 8.04. The number of aryl methyl sites for hydroxylation is 1. The molecule has 1 aliphatic carbocycles. The van der Waals surface area contributed by atoms with Crippen LogP contribution in [0.2, 0.25) is 0 Å². The molecule has 0 spiro atoms. The second-order valence-electron chi connectivity index (χ2n) is 6.30. The summed E-state index contributed by atoms with van der Waals surface area (Å²) in [7, 11) is 0. The topological polar surface area (TPSA) is 17.8 Å². The van der Waals surface area contributed by atoms with E-state index in [1.807, 2.05) is 6.20 Å². The number of nitrogens with zero attached hydrogens (tertiary/aromatic N) is 2. The molecule has 0 radical (unpaired) electrons. The van der Waals surface area contributed by atoms with Gasteiger partial charge in [0.15, 0.2) is 0 Å². The fourth-order valence-electron chi connectivity index (χ4n) is 3.41. The fourth-order valence-corrected chi connectivity index (χ4v) is 4.97. The highest BCUT2D eigenvalue weighted by Crippen LogP contribution is 2.44. The number of halogens is 1. The number of imidazole rings is 1. The molecule has 0 N–H and O–H groups in total. The zero-order valence-corrected chi connectivity index (χ0v) is 13.6. The highest BCUT2D eigenvalue weighted by atomic mass is 79.9. The molecule has 0 aromatic carbocycles. The molecule has 1 saturated carbocycles. The first-order valence-electron chi connectivity index (χ1n) is 7.12. The number of hydrogen-bond acceptors (Lipinski definition) is 1. The lowest BCUT2D eigenvalue weighted by Gasteiger charge is -2.41. The van der Waals surface area contributed by atoms with Gasteiger partial charge in [0.05, 0.1) is 0 Å². The van der Waals surface area contributed by atoms with Crippen molar-refractivity contribution in [3.8, 4) is 0 Å². The maximum atomic E-state index is 4.63. The van der Waals surface area contributed by atoms with Gasteiger partial charge in [-0.1, -0.05) is 43.1 Å². The first kappa shape index (κ1) is 14.1. The predicted molar refractivity (Wildman–Crippen MR) is 80.1 cm³/mol. The van der Waals surface area contributed by atoms with Gasteiger partial charge < -0.3 is 4.57 Å². The summed E-state index contributed by atoms with van der Waals surface area (Å²) < 4.78 is 2.29. The Labute approximate surface area is 119 Å². The van der Waals surface area contributed by atoms with Gasteiger partial charge >= 0.3 is 0 Å². The summed E-state index contributed by atoms with van der Waals surface area (Å²) in [6.45, 7) is 10.3. The number of aromatic nitrogens is 2. The summed E-state index contributed by atoms with van der Waals surface area (Å²) in [4.78, 5) is 5.25. The monoisotopic (exact) mass is 312 g/mol. The molecule has 1 heterocycles. The van der Waals surface area contributed by atoms with E-state index in [0.29, 0.717) is 10.7 Å². The van der Waals surface area contributed by atoms with Crippen molar-refractivity contribution in [2.45, 2.75) is 63.7 Å². The highest BCUT2D eigenvalue weighted by Gasteiger charge is 2.41. The zero-order valence-electron chi connectivity index (χ0n) is 12.0. The molecular formula is C15H25BrN2. The highest BCUT2D eigenvalue weighted by molar-refractivity contribution is 9.09. The molecule has 2 nitrogen and oxygen atoms in total. The van der Waals surface area contributed by atoms with E-state index >= 15 is 0 Å². The minimum atomic E-state index is 0.147. The molecule has 102 valence electrons. The van der Waals surface area contributed by atoms with Crippen molar-refractivity contribution in [1.82, 2.24) is 9.55 Å². The molecule has 1 aromatic rings. The van der Waals surface area contributed by atoms with E-state index in [2.05, 4.69) is 59.4 Å². The molecule has 2 rings (SSSR count). The van der Waals surface area contributed by atoms with E-state index in [0.717, 1.165) is 12.5 Å².